The van der Waals surface area contributed by atoms with Gasteiger partial charge in [0.15, 0.2) is 17.2 Å². The van der Waals surface area contributed by atoms with E-state index >= 15 is 0 Å². The molecule has 1 fully saturated rings. The molecule has 0 aliphatic carbocycles. The summed E-state index contributed by atoms with van der Waals surface area (Å²) in [6, 6.07) is 16.6. The molecule has 0 radical (unpaired) electrons. The number of anilines is 1. The fourth-order valence-electron chi connectivity index (χ4n) is 3.71. The van der Waals surface area contributed by atoms with Crippen LogP contribution in [0.5, 0.6) is 11.5 Å². The van der Waals surface area contributed by atoms with Gasteiger partial charge in [0.1, 0.15) is 18.2 Å². The molecule has 8 nitrogen and oxygen atoms in total. The second-order valence-electron chi connectivity index (χ2n) is 8.04. The number of rotatable bonds is 8. The summed E-state index contributed by atoms with van der Waals surface area (Å²) in [5.41, 5.74) is 1.46. The van der Waals surface area contributed by atoms with E-state index in [0.29, 0.717) is 18.4 Å². The van der Waals surface area contributed by atoms with Crippen molar-refractivity contribution in [2.45, 2.75) is 26.0 Å². The summed E-state index contributed by atoms with van der Waals surface area (Å²) in [4.78, 5) is 17.6. The molecule has 35 heavy (non-hydrogen) atoms. The molecule has 1 amide bonds. The van der Waals surface area contributed by atoms with Crippen LogP contribution < -0.4 is 19.1 Å². The van der Waals surface area contributed by atoms with Crippen LogP contribution in [0.1, 0.15) is 34.5 Å². The zero-order valence-electron chi connectivity index (χ0n) is 19.2. The monoisotopic (exact) mass is 499 g/mol. The van der Waals surface area contributed by atoms with Gasteiger partial charge in [-0.05, 0) is 36.1 Å². The molecule has 1 saturated heterocycles. The Kier molecular flexibility index (Phi) is 7.50. The molecule has 10 heteroatoms. The highest BCUT2D eigenvalue weighted by atomic mass is 32.2. The number of carbonyl (C=O) groups excluding carboxylic acids is 1. The number of hydrogen-bond acceptors (Lipinski definition) is 6. The highest BCUT2D eigenvalue weighted by Gasteiger charge is 2.30. The number of amides is 1. The van der Waals surface area contributed by atoms with E-state index in [1.54, 1.807) is 12.1 Å². The van der Waals surface area contributed by atoms with Gasteiger partial charge >= 0.3 is 0 Å². The Balaban J connectivity index is 1.68. The Morgan fingerprint density at radius 3 is 2.51 bits per heavy atom. The topological polar surface area (TPSA) is 97.8 Å². The van der Waals surface area contributed by atoms with Crippen LogP contribution in [0.2, 0.25) is 0 Å². The molecular formula is C25H26FN3O5S. The van der Waals surface area contributed by atoms with E-state index in [4.69, 9.17) is 9.47 Å². The summed E-state index contributed by atoms with van der Waals surface area (Å²) < 4.78 is 51.2. The van der Waals surface area contributed by atoms with Gasteiger partial charge in [0.2, 0.25) is 10.0 Å². The number of halogens is 1. The van der Waals surface area contributed by atoms with Crippen molar-refractivity contribution in [2.24, 2.45) is 0 Å². The molecule has 0 atom stereocenters. The fraction of sp³-hybridized carbons (Fsp3) is 0.280. The Morgan fingerprint density at radius 2 is 1.83 bits per heavy atom. The molecule has 0 saturated carbocycles. The average molecular weight is 500 g/mol. The van der Waals surface area contributed by atoms with Gasteiger partial charge in [-0.15, -0.1) is 0 Å². The molecule has 3 aromatic rings. The number of methoxy groups -OCH3 is 1. The Morgan fingerprint density at radius 1 is 1.09 bits per heavy atom. The Labute approximate surface area is 203 Å². The standard InChI is InChI=1S/C25H26FN3O5S/c1-33-21-15-22(29-13-5-6-14-35(29,31)32)28-23(24(21)34-17-19-7-3-2-4-8-19)25(30)27-16-18-9-11-20(26)12-10-18/h2-4,7-12,15H,5-6,13-14,16-17H2,1H3,(H,27,30). The van der Waals surface area contributed by atoms with Crippen molar-refractivity contribution in [1.82, 2.24) is 10.3 Å². The summed E-state index contributed by atoms with van der Waals surface area (Å²) in [6.45, 7) is 0.533. The minimum absolute atomic E-state index is 0.00928. The quantitative estimate of drug-likeness (QED) is 0.508. The van der Waals surface area contributed by atoms with Crippen molar-refractivity contribution in [1.29, 1.82) is 0 Å². The zero-order chi connectivity index (χ0) is 24.8. The zero-order valence-corrected chi connectivity index (χ0v) is 20.1. The lowest BCUT2D eigenvalue weighted by atomic mass is 10.2. The molecule has 1 aliphatic rings. The maximum absolute atomic E-state index is 13.2. The number of ether oxygens (including phenoxy) is 2. The van der Waals surface area contributed by atoms with Crippen LogP contribution in [0.4, 0.5) is 10.2 Å². The van der Waals surface area contributed by atoms with Crippen LogP contribution in [-0.2, 0) is 23.2 Å². The number of carbonyl (C=O) groups is 1. The summed E-state index contributed by atoms with van der Waals surface area (Å²) in [5, 5.41) is 2.75. The first-order chi connectivity index (χ1) is 16.9. The SMILES string of the molecule is COc1cc(N2CCCCS2(=O)=O)nc(C(=O)NCc2ccc(F)cc2)c1OCc1ccccc1. The maximum Gasteiger partial charge on any atom is 0.274 e. The van der Waals surface area contributed by atoms with E-state index in [9.17, 15) is 17.6 Å². The third-order valence-electron chi connectivity index (χ3n) is 5.56. The normalized spacial score (nSPS) is 14.9. The number of nitrogens with one attached hydrogen (secondary N) is 1. The summed E-state index contributed by atoms with van der Waals surface area (Å²) in [6.07, 6.45) is 1.25. The van der Waals surface area contributed by atoms with Crippen LogP contribution in [0.3, 0.4) is 0 Å². The molecule has 2 aromatic carbocycles. The number of aromatic nitrogens is 1. The lowest BCUT2D eigenvalue weighted by molar-refractivity contribution is 0.0940. The Hall–Kier alpha value is -3.66. The number of hydrogen-bond donors (Lipinski definition) is 1. The fourth-order valence-corrected chi connectivity index (χ4v) is 5.29. The van der Waals surface area contributed by atoms with Crippen molar-refractivity contribution in [2.75, 3.05) is 23.7 Å². The van der Waals surface area contributed by atoms with Crippen LogP contribution in [0.15, 0.2) is 60.7 Å². The molecule has 0 spiro atoms. The second-order valence-corrected chi connectivity index (χ2v) is 10.1. The molecule has 0 bridgehead atoms. The molecule has 184 valence electrons. The third kappa shape index (κ3) is 5.89. The minimum Gasteiger partial charge on any atom is -0.493 e. The van der Waals surface area contributed by atoms with Crippen molar-refractivity contribution < 1.29 is 27.1 Å². The van der Waals surface area contributed by atoms with E-state index in [1.165, 1.54) is 29.6 Å². The first-order valence-corrected chi connectivity index (χ1v) is 12.8. The molecule has 0 unspecified atom stereocenters. The van der Waals surface area contributed by atoms with E-state index in [0.717, 1.165) is 5.56 Å². The van der Waals surface area contributed by atoms with E-state index in [1.807, 2.05) is 30.3 Å². The van der Waals surface area contributed by atoms with Crippen molar-refractivity contribution in [3.8, 4) is 11.5 Å². The van der Waals surface area contributed by atoms with Crippen LogP contribution in [0, 0.1) is 5.82 Å². The predicted molar refractivity (Wildman–Crippen MR) is 130 cm³/mol. The number of sulfonamides is 1. The predicted octanol–water partition coefficient (Wildman–Crippen LogP) is 3.67. The maximum atomic E-state index is 13.2. The van der Waals surface area contributed by atoms with E-state index in [-0.39, 0.29) is 54.3 Å². The highest BCUT2D eigenvalue weighted by Crippen LogP contribution is 2.36. The summed E-state index contributed by atoms with van der Waals surface area (Å²) in [7, 11) is -2.15. The summed E-state index contributed by atoms with van der Waals surface area (Å²) >= 11 is 0. The van der Waals surface area contributed by atoms with E-state index in [2.05, 4.69) is 10.3 Å². The van der Waals surface area contributed by atoms with Crippen molar-refractivity contribution in [3.05, 3.63) is 83.3 Å². The molecular weight excluding hydrogens is 473 g/mol. The van der Waals surface area contributed by atoms with Crippen molar-refractivity contribution in [3.63, 3.8) is 0 Å². The van der Waals surface area contributed by atoms with Gasteiger partial charge in [-0.3, -0.25) is 9.10 Å². The molecule has 1 aromatic heterocycles. The van der Waals surface area contributed by atoms with Gasteiger partial charge in [-0.25, -0.2) is 17.8 Å². The average Bonchev–Trinajstić information content (AvgIpc) is 2.87. The largest absolute Gasteiger partial charge is 0.493 e. The Bertz CT molecular complexity index is 1280. The molecule has 1 aliphatic heterocycles. The van der Waals surface area contributed by atoms with Gasteiger partial charge in [-0.1, -0.05) is 42.5 Å². The van der Waals surface area contributed by atoms with Gasteiger partial charge in [0.05, 0.1) is 12.9 Å². The van der Waals surface area contributed by atoms with Crippen LogP contribution >= 0.6 is 0 Å². The molecule has 2 heterocycles. The van der Waals surface area contributed by atoms with Gasteiger partial charge in [-0.2, -0.15) is 0 Å². The van der Waals surface area contributed by atoms with Crippen LogP contribution in [0.25, 0.3) is 0 Å². The number of nitrogens with zero attached hydrogens (tertiary/aromatic N) is 2. The first-order valence-electron chi connectivity index (χ1n) is 11.2. The number of pyridine rings is 1. The third-order valence-corrected chi connectivity index (χ3v) is 7.40. The van der Waals surface area contributed by atoms with Gasteiger partial charge < -0.3 is 14.8 Å². The van der Waals surface area contributed by atoms with Crippen LogP contribution in [-0.4, -0.2) is 38.7 Å². The molecule has 1 N–H and O–H groups in total. The van der Waals surface area contributed by atoms with E-state index < -0.39 is 15.9 Å². The van der Waals surface area contributed by atoms with Gasteiger partial charge in [0, 0.05) is 19.2 Å². The lowest BCUT2D eigenvalue weighted by Crippen LogP contribution is -2.38. The number of benzene rings is 2. The lowest BCUT2D eigenvalue weighted by Gasteiger charge is -2.28. The highest BCUT2D eigenvalue weighted by molar-refractivity contribution is 7.92. The second kappa shape index (κ2) is 10.7. The smallest absolute Gasteiger partial charge is 0.274 e. The summed E-state index contributed by atoms with van der Waals surface area (Å²) in [5.74, 6) is -0.550. The van der Waals surface area contributed by atoms with Gasteiger partial charge in [0.25, 0.3) is 5.91 Å². The molecule has 4 rings (SSSR count). The first kappa shape index (κ1) is 24.5. The van der Waals surface area contributed by atoms with Crippen molar-refractivity contribution >= 4 is 21.7 Å². The minimum atomic E-state index is -3.56.